The number of hydrogen-bond acceptors (Lipinski definition) is 3. The summed E-state index contributed by atoms with van der Waals surface area (Å²) in [5.74, 6) is 0.220. The van der Waals surface area contributed by atoms with E-state index >= 15 is 0 Å². The molecule has 0 radical (unpaired) electrons. The average Bonchev–Trinajstić information content (AvgIpc) is 2.30. The second-order valence-electron chi connectivity index (χ2n) is 4.84. The van der Waals surface area contributed by atoms with E-state index in [1.807, 2.05) is 0 Å². The van der Waals surface area contributed by atoms with Crippen molar-refractivity contribution in [3.05, 3.63) is 11.9 Å². The van der Waals surface area contributed by atoms with E-state index < -0.39 is 0 Å². The summed E-state index contributed by atoms with van der Waals surface area (Å²) in [6.45, 7) is 6.17. The molecule has 0 aliphatic carbocycles. The van der Waals surface area contributed by atoms with E-state index in [1.54, 1.807) is 17.9 Å². The van der Waals surface area contributed by atoms with Crippen LogP contribution in [-0.4, -0.2) is 20.8 Å². The van der Waals surface area contributed by atoms with Crippen LogP contribution in [0.4, 0.5) is 0 Å². The molecule has 0 spiro atoms. The van der Waals surface area contributed by atoms with Crippen LogP contribution < -0.4 is 0 Å². The zero-order chi connectivity index (χ0) is 10.8. The Hall–Kier alpha value is -1.19. The molecule has 0 unspecified atom stereocenters. The fourth-order valence-corrected chi connectivity index (χ4v) is 1.33. The van der Waals surface area contributed by atoms with Gasteiger partial charge in [0, 0.05) is 19.7 Å². The van der Waals surface area contributed by atoms with Gasteiger partial charge in [0.2, 0.25) is 0 Å². The Bertz CT molecular complexity index is 322. The number of Topliss-reactive ketones (excluding diaryl/α,β-unsaturated/α-hetero) is 1. The van der Waals surface area contributed by atoms with Crippen LogP contribution in [0.1, 0.15) is 32.9 Å². The Labute approximate surface area is 84.3 Å². The van der Waals surface area contributed by atoms with Crippen LogP contribution in [0.25, 0.3) is 0 Å². The molecule has 0 fully saturated rings. The molecule has 78 valence electrons. The molecule has 14 heavy (non-hydrogen) atoms. The minimum Gasteiger partial charge on any atom is -0.299 e. The third-order valence-electron chi connectivity index (χ3n) is 1.76. The number of ketones is 1. The maximum Gasteiger partial charge on any atom is 0.139 e. The summed E-state index contributed by atoms with van der Waals surface area (Å²) >= 11 is 0. The highest BCUT2D eigenvalue weighted by Crippen LogP contribution is 2.19. The van der Waals surface area contributed by atoms with Gasteiger partial charge in [-0.2, -0.15) is 0 Å². The summed E-state index contributed by atoms with van der Waals surface area (Å²) in [6, 6.07) is 0. The lowest BCUT2D eigenvalue weighted by atomic mass is 9.89. The molecule has 4 heteroatoms. The van der Waals surface area contributed by atoms with E-state index in [0.717, 1.165) is 5.69 Å². The number of rotatable bonds is 3. The summed E-state index contributed by atoms with van der Waals surface area (Å²) < 4.78 is 1.61. The molecule has 1 heterocycles. The molecule has 0 amide bonds. The van der Waals surface area contributed by atoms with Crippen LogP contribution in [0.5, 0.6) is 0 Å². The third kappa shape index (κ3) is 3.68. The quantitative estimate of drug-likeness (QED) is 0.731. The highest BCUT2D eigenvalue weighted by Gasteiger charge is 2.16. The predicted molar refractivity (Wildman–Crippen MR) is 53.8 cm³/mol. The monoisotopic (exact) mass is 195 g/mol. The summed E-state index contributed by atoms with van der Waals surface area (Å²) in [6.07, 6.45) is 2.76. The van der Waals surface area contributed by atoms with Gasteiger partial charge in [-0.05, 0) is 5.41 Å². The molecule has 1 aromatic heterocycles. The predicted octanol–water partition coefficient (Wildman–Crippen LogP) is 1.36. The second kappa shape index (κ2) is 3.90. The van der Waals surface area contributed by atoms with Crippen molar-refractivity contribution in [2.75, 3.05) is 0 Å². The van der Waals surface area contributed by atoms with Gasteiger partial charge in [0.15, 0.2) is 0 Å². The summed E-state index contributed by atoms with van der Waals surface area (Å²) in [7, 11) is 1.80. The number of carbonyl (C=O) groups excluding carboxylic acids is 1. The largest absolute Gasteiger partial charge is 0.299 e. The van der Waals surface area contributed by atoms with Gasteiger partial charge in [-0.1, -0.05) is 26.0 Å². The maximum atomic E-state index is 11.6. The van der Waals surface area contributed by atoms with Crippen LogP contribution in [0.2, 0.25) is 0 Å². The van der Waals surface area contributed by atoms with Gasteiger partial charge in [0.1, 0.15) is 5.78 Å². The molecule has 4 nitrogen and oxygen atoms in total. The van der Waals surface area contributed by atoms with E-state index in [1.165, 1.54) is 0 Å². The molecule has 0 saturated carbocycles. The summed E-state index contributed by atoms with van der Waals surface area (Å²) in [4.78, 5) is 11.6. The van der Waals surface area contributed by atoms with Crippen molar-refractivity contribution in [1.29, 1.82) is 0 Å². The van der Waals surface area contributed by atoms with Crippen molar-refractivity contribution in [3.8, 4) is 0 Å². The average molecular weight is 195 g/mol. The Morgan fingerprint density at radius 2 is 2.14 bits per heavy atom. The number of aryl methyl sites for hydroxylation is 1. The first-order valence-corrected chi connectivity index (χ1v) is 4.74. The van der Waals surface area contributed by atoms with Crippen LogP contribution in [0.15, 0.2) is 6.20 Å². The van der Waals surface area contributed by atoms with E-state index in [2.05, 4.69) is 31.1 Å². The lowest BCUT2D eigenvalue weighted by molar-refractivity contribution is -0.120. The summed E-state index contributed by atoms with van der Waals surface area (Å²) in [5.41, 5.74) is 0.806. The lowest BCUT2D eigenvalue weighted by Crippen LogP contribution is -2.14. The van der Waals surface area contributed by atoms with Crippen LogP contribution in [-0.2, 0) is 18.3 Å². The van der Waals surface area contributed by atoms with E-state index in [0.29, 0.717) is 12.8 Å². The minimum absolute atomic E-state index is 0.0549. The van der Waals surface area contributed by atoms with Crippen LogP contribution in [0.3, 0.4) is 0 Å². The van der Waals surface area contributed by atoms with Gasteiger partial charge in [-0.3, -0.25) is 9.48 Å². The highest BCUT2D eigenvalue weighted by atomic mass is 16.1. The molecular weight excluding hydrogens is 178 g/mol. The Morgan fingerprint density at radius 3 is 2.57 bits per heavy atom. The molecule has 0 aromatic carbocycles. The molecule has 1 aromatic rings. The smallest absolute Gasteiger partial charge is 0.139 e. The van der Waals surface area contributed by atoms with Crippen molar-refractivity contribution in [3.63, 3.8) is 0 Å². The number of aromatic nitrogens is 3. The Morgan fingerprint density at radius 1 is 1.50 bits per heavy atom. The first-order valence-electron chi connectivity index (χ1n) is 4.74. The minimum atomic E-state index is 0.0549. The molecule has 0 bridgehead atoms. The lowest BCUT2D eigenvalue weighted by Gasteiger charge is -2.15. The molecule has 0 N–H and O–H groups in total. The van der Waals surface area contributed by atoms with E-state index in [9.17, 15) is 4.79 Å². The van der Waals surface area contributed by atoms with Gasteiger partial charge >= 0.3 is 0 Å². The molecule has 0 atom stereocenters. The van der Waals surface area contributed by atoms with E-state index in [-0.39, 0.29) is 11.2 Å². The first-order chi connectivity index (χ1) is 6.37. The molecule has 0 aliphatic rings. The Kier molecular flexibility index (Phi) is 3.03. The fraction of sp³-hybridized carbons (Fsp3) is 0.700. The third-order valence-corrected chi connectivity index (χ3v) is 1.76. The van der Waals surface area contributed by atoms with Crippen LogP contribution >= 0.6 is 0 Å². The second-order valence-corrected chi connectivity index (χ2v) is 4.84. The number of hydrogen-bond donors (Lipinski definition) is 0. The Balaban J connectivity index is 2.50. The first kappa shape index (κ1) is 10.9. The normalized spacial score (nSPS) is 11.7. The van der Waals surface area contributed by atoms with Gasteiger partial charge in [0.05, 0.1) is 12.1 Å². The zero-order valence-electron chi connectivity index (χ0n) is 9.24. The highest BCUT2D eigenvalue weighted by molar-refractivity contribution is 5.80. The number of nitrogens with zero attached hydrogens (tertiary/aromatic N) is 3. The standard InChI is InChI=1S/C10H17N3O/c1-10(2,3)6-9(14)5-8-7-13(4)12-11-8/h7H,5-6H2,1-4H3. The van der Waals surface area contributed by atoms with Gasteiger partial charge in [-0.25, -0.2) is 0 Å². The topological polar surface area (TPSA) is 47.8 Å². The molecule has 0 saturated heterocycles. The molecule has 0 aliphatic heterocycles. The van der Waals surface area contributed by atoms with Gasteiger partial charge in [0.25, 0.3) is 0 Å². The zero-order valence-corrected chi connectivity index (χ0v) is 9.24. The van der Waals surface area contributed by atoms with E-state index in [4.69, 9.17) is 0 Å². The van der Waals surface area contributed by atoms with Crippen molar-refractivity contribution < 1.29 is 4.79 Å². The maximum absolute atomic E-state index is 11.6. The van der Waals surface area contributed by atoms with Crippen molar-refractivity contribution in [2.45, 2.75) is 33.6 Å². The molecular formula is C10H17N3O. The number of carbonyl (C=O) groups is 1. The van der Waals surface area contributed by atoms with Gasteiger partial charge in [-0.15, -0.1) is 5.10 Å². The fourth-order valence-electron chi connectivity index (χ4n) is 1.33. The van der Waals surface area contributed by atoms with Crippen molar-refractivity contribution in [2.24, 2.45) is 12.5 Å². The van der Waals surface area contributed by atoms with Gasteiger partial charge < -0.3 is 0 Å². The molecule has 1 rings (SSSR count). The van der Waals surface area contributed by atoms with Crippen molar-refractivity contribution >= 4 is 5.78 Å². The van der Waals surface area contributed by atoms with Crippen molar-refractivity contribution in [1.82, 2.24) is 15.0 Å². The SMILES string of the molecule is Cn1cc(CC(=O)CC(C)(C)C)nn1. The summed E-state index contributed by atoms with van der Waals surface area (Å²) in [5, 5.41) is 7.66. The van der Waals surface area contributed by atoms with Crippen LogP contribution in [0, 0.1) is 5.41 Å².